The Labute approximate surface area is 119 Å². The molecule has 19 heavy (non-hydrogen) atoms. The van der Waals surface area contributed by atoms with Crippen LogP contribution in [0.1, 0.15) is 46.0 Å². The highest BCUT2D eigenvalue weighted by Crippen LogP contribution is 2.23. The Morgan fingerprint density at radius 2 is 1.89 bits per heavy atom. The van der Waals surface area contributed by atoms with Crippen LogP contribution in [0.2, 0.25) is 0 Å². The van der Waals surface area contributed by atoms with E-state index in [1.54, 1.807) is 12.1 Å². The van der Waals surface area contributed by atoms with Gasteiger partial charge in [0.1, 0.15) is 5.75 Å². The highest BCUT2D eigenvalue weighted by molar-refractivity contribution is 7.85. The lowest BCUT2D eigenvalue weighted by Crippen LogP contribution is -2.03. The van der Waals surface area contributed by atoms with E-state index in [9.17, 15) is 4.21 Å². The van der Waals surface area contributed by atoms with Gasteiger partial charge in [-0.05, 0) is 31.5 Å². The smallest absolute Gasteiger partial charge is 0.120 e. The fraction of sp³-hybridized carbons (Fsp3) is 0.600. The molecule has 0 fully saturated rings. The number of benzene rings is 1. The van der Waals surface area contributed by atoms with E-state index >= 15 is 0 Å². The van der Waals surface area contributed by atoms with Crippen molar-refractivity contribution in [2.75, 3.05) is 18.1 Å². The zero-order chi connectivity index (χ0) is 14.1. The number of anilines is 1. The van der Waals surface area contributed by atoms with Crippen LogP contribution < -0.4 is 10.5 Å². The zero-order valence-corrected chi connectivity index (χ0v) is 12.8. The summed E-state index contributed by atoms with van der Waals surface area (Å²) in [5.74, 6) is 1.43. The molecule has 3 nitrogen and oxygen atoms in total. The van der Waals surface area contributed by atoms with E-state index in [4.69, 9.17) is 10.5 Å². The van der Waals surface area contributed by atoms with Gasteiger partial charge in [0.05, 0.1) is 22.3 Å². The number of unbranched alkanes of at least 4 members (excludes halogenated alkanes) is 4. The van der Waals surface area contributed by atoms with Crippen molar-refractivity contribution in [1.29, 1.82) is 0 Å². The van der Waals surface area contributed by atoms with E-state index in [1.165, 1.54) is 19.3 Å². The fourth-order valence-electron chi connectivity index (χ4n) is 1.91. The van der Waals surface area contributed by atoms with Crippen molar-refractivity contribution in [2.24, 2.45) is 0 Å². The number of nitrogen functional groups attached to an aromatic ring is 1. The summed E-state index contributed by atoms with van der Waals surface area (Å²) >= 11 is 0. The van der Waals surface area contributed by atoms with Crippen molar-refractivity contribution in [3.8, 4) is 5.75 Å². The number of hydrogen-bond acceptors (Lipinski definition) is 3. The van der Waals surface area contributed by atoms with Gasteiger partial charge in [-0.2, -0.15) is 0 Å². The minimum Gasteiger partial charge on any atom is -0.494 e. The Hall–Kier alpha value is -1.03. The summed E-state index contributed by atoms with van der Waals surface area (Å²) in [4.78, 5) is 0.710. The molecule has 1 unspecified atom stereocenters. The molecular weight excluding hydrogens is 258 g/mol. The summed E-state index contributed by atoms with van der Waals surface area (Å²) in [6.07, 6.45) is 5.85. The number of nitrogens with two attached hydrogens (primary N) is 1. The summed E-state index contributed by atoms with van der Waals surface area (Å²) in [7, 11) is -1.02. The van der Waals surface area contributed by atoms with E-state index in [0.29, 0.717) is 22.9 Å². The Morgan fingerprint density at radius 3 is 2.58 bits per heavy atom. The van der Waals surface area contributed by atoms with Gasteiger partial charge in [-0.15, -0.1) is 0 Å². The molecule has 0 amide bonds. The molecule has 1 aromatic rings. The highest BCUT2D eigenvalue weighted by atomic mass is 32.2. The largest absolute Gasteiger partial charge is 0.494 e. The van der Waals surface area contributed by atoms with Crippen LogP contribution in [0.25, 0.3) is 0 Å². The van der Waals surface area contributed by atoms with Gasteiger partial charge in [-0.3, -0.25) is 4.21 Å². The maximum Gasteiger partial charge on any atom is 0.120 e. The molecule has 4 heteroatoms. The summed E-state index contributed by atoms with van der Waals surface area (Å²) in [5, 5.41) is 0. The lowest BCUT2D eigenvalue weighted by Gasteiger charge is -2.09. The topological polar surface area (TPSA) is 52.3 Å². The van der Waals surface area contributed by atoms with Crippen molar-refractivity contribution >= 4 is 16.5 Å². The molecule has 2 N–H and O–H groups in total. The standard InChI is InChI=1S/C15H25NO2S/c1-3-5-6-7-8-11-19(17)15-12-13(18-4-2)9-10-14(15)16/h9-10,12H,3-8,11,16H2,1-2H3. The van der Waals surface area contributed by atoms with Crippen molar-refractivity contribution in [3.05, 3.63) is 18.2 Å². The first-order valence-electron chi connectivity index (χ1n) is 7.09. The number of hydrogen-bond donors (Lipinski definition) is 1. The van der Waals surface area contributed by atoms with Gasteiger partial charge >= 0.3 is 0 Å². The zero-order valence-electron chi connectivity index (χ0n) is 12.0. The molecule has 0 heterocycles. The van der Waals surface area contributed by atoms with Crippen LogP contribution in [0.4, 0.5) is 5.69 Å². The average Bonchev–Trinajstić information content (AvgIpc) is 2.41. The second-order valence-electron chi connectivity index (χ2n) is 4.60. The molecule has 0 saturated heterocycles. The molecule has 1 atom stereocenters. The minimum atomic E-state index is -1.02. The van der Waals surface area contributed by atoms with Gasteiger partial charge < -0.3 is 10.5 Å². The van der Waals surface area contributed by atoms with Gasteiger partial charge in [0, 0.05) is 11.4 Å². The third kappa shape index (κ3) is 5.64. The van der Waals surface area contributed by atoms with Gasteiger partial charge in [0.25, 0.3) is 0 Å². The molecule has 0 bridgehead atoms. The van der Waals surface area contributed by atoms with Gasteiger partial charge in [0.2, 0.25) is 0 Å². The number of rotatable bonds is 9. The van der Waals surface area contributed by atoms with Crippen LogP contribution in [-0.2, 0) is 10.8 Å². The van der Waals surface area contributed by atoms with Crippen LogP contribution >= 0.6 is 0 Å². The lowest BCUT2D eigenvalue weighted by molar-refractivity contribution is 0.339. The first-order valence-corrected chi connectivity index (χ1v) is 8.41. The van der Waals surface area contributed by atoms with Crippen LogP contribution in [0.15, 0.2) is 23.1 Å². The molecular formula is C15H25NO2S. The molecule has 0 saturated carbocycles. The average molecular weight is 283 g/mol. The van der Waals surface area contributed by atoms with E-state index in [1.807, 2.05) is 13.0 Å². The molecule has 0 aliphatic rings. The van der Waals surface area contributed by atoms with Crippen LogP contribution in [-0.4, -0.2) is 16.6 Å². The maximum atomic E-state index is 12.2. The third-order valence-electron chi connectivity index (χ3n) is 2.97. The Bertz CT molecular complexity index is 407. The summed E-state index contributed by atoms with van der Waals surface area (Å²) in [6, 6.07) is 5.40. The molecule has 0 aliphatic carbocycles. The Balaban J connectivity index is 2.53. The second kappa shape index (κ2) is 8.97. The van der Waals surface area contributed by atoms with E-state index in [-0.39, 0.29) is 0 Å². The highest BCUT2D eigenvalue weighted by Gasteiger charge is 2.09. The predicted octanol–water partition coefficient (Wildman–Crippen LogP) is 3.75. The molecule has 0 radical (unpaired) electrons. The quantitative estimate of drug-likeness (QED) is 0.555. The Kier molecular flexibility index (Phi) is 7.56. The van der Waals surface area contributed by atoms with Crippen LogP contribution in [0, 0.1) is 0 Å². The van der Waals surface area contributed by atoms with Crippen LogP contribution in [0.5, 0.6) is 5.75 Å². The van der Waals surface area contributed by atoms with Crippen molar-refractivity contribution in [2.45, 2.75) is 50.8 Å². The molecule has 0 aromatic heterocycles. The first-order chi connectivity index (χ1) is 9.19. The molecule has 1 aromatic carbocycles. The van der Waals surface area contributed by atoms with E-state index < -0.39 is 10.8 Å². The maximum absolute atomic E-state index is 12.2. The summed E-state index contributed by atoms with van der Waals surface area (Å²) in [6.45, 7) is 4.73. The lowest BCUT2D eigenvalue weighted by atomic mass is 10.2. The number of ether oxygens (including phenoxy) is 1. The summed E-state index contributed by atoms with van der Waals surface area (Å²) in [5.41, 5.74) is 6.48. The monoisotopic (exact) mass is 283 g/mol. The minimum absolute atomic E-state index is 0.593. The van der Waals surface area contributed by atoms with Gasteiger partial charge in [-0.1, -0.05) is 32.6 Å². The fourth-order valence-corrected chi connectivity index (χ4v) is 3.18. The molecule has 0 aliphatic heterocycles. The van der Waals surface area contributed by atoms with E-state index in [0.717, 1.165) is 18.6 Å². The first kappa shape index (κ1) is 16.0. The third-order valence-corrected chi connectivity index (χ3v) is 4.48. The molecule has 1 rings (SSSR count). The summed E-state index contributed by atoms with van der Waals surface area (Å²) < 4.78 is 17.6. The van der Waals surface area contributed by atoms with Crippen molar-refractivity contribution in [1.82, 2.24) is 0 Å². The van der Waals surface area contributed by atoms with Gasteiger partial charge in [-0.25, -0.2) is 0 Å². The molecule has 0 spiro atoms. The Morgan fingerprint density at radius 1 is 1.16 bits per heavy atom. The van der Waals surface area contributed by atoms with Crippen molar-refractivity contribution < 1.29 is 8.95 Å². The molecule has 108 valence electrons. The predicted molar refractivity (Wildman–Crippen MR) is 82.1 cm³/mol. The van der Waals surface area contributed by atoms with E-state index in [2.05, 4.69) is 6.92 Å². The van der Waals surface area contributed by atoms with Crippen molar-refractivity contribution in [3.63, 3.8) is 0 Å². The normalized spacial score (nSPS) is 12.3. The van der Waals surface area contributed by atoms with Gasteiger partial charge in [0.15, 0.2) is 0 Å². The SMILES string of the molecule is CCCCCCCS(=O)c1cc(OCC)ccc1N. The second-order valence-corrected chi connectivity index (χ2v) is 6.14. The van der Waals surface area contributed by atoms with Crippen LogP contribution in [0.3, 0.4) is 0 Å².